The van der Waals surface area contributed by atoms with Gasteiger partial charge in [-0.3, -0.25) is 9.78 Å². The number of pyridine rings is 1. The third-order valence-electron chi connectivity index (χ3n) is 3.79. The van der Waals surface area contributed by atoms with Crippen molar-refractivity contribution in [3.05, 3.63) is 52.1 Å². The summed E-state index contributed by atoms with van der Waals surface area (Å²) < 4.78 is 10.8. The molecule has 24 heavy (non-hydrogen) atoms. The number of carbonyl (C=O) groups excluding carboxylic acids is 1. The van der Waals surface area contributed by atoms with E-state index in [0.29, 0.717) is 23.1 Å². The van der Waals surface area contributed by atoms with Crippen LogP contribution in [0.2, 0.25) is 0 Å². The molecule has 1 fully saturated rings. The summed E-state index contributed by atoms with van der Waals surface area (Å²) in [7, 11) is 0. The Bertz CT molecular complexity index is 903. The van der Waals surface area contributed by atoms with Gasteiger partial charge in [-0.1, -0.05) is 6.07 Å². The molecule has 0 radical (unpaired) electrons. The highest BCUT2D eigenvalue weighted by molar-refractivity contribution is 7.13. The second-order valence-electron chi connectivity index (χ2n) is 5.42. The lowest BCUT2D eigenvalue weighted by atomic mass is 10.1. The van der Waals surface area contributed by atoms with Crippen molar-refractivity contribution in [2.24, 2.45) is 0 Å². The Kier molecular flexibility index (Phi) is 3.97. The van der Waals surface area contributed by atoms with E-state index in [-0.39, 0.29) is 5.91 Å². The number of nitrogens with one attached hydrogen (secondary N) is 1. The number of ether oxygens (including phenoxy) is 2. The van der Waals surface area contributed by atoms with E-state index in [1.807, 2.05) is 31.2 Å². The second kappa shape index (κ2) is 6.27. The van der Waals surface area contributed by atoms with E-state index in [2.05, 4.69) is 15.3 Å². The smallest absolute Gasteiger partial charge is 0.267 e. The number of nitrogens with zero attached hydrogens (tertiary/aromatic N) is 2. The van der Waals surface area contributed by atoms with Crippen molar-refractivity contribution < 1.29 is 14.3 Å². The first-order chi connectivity index (χ1) is 11.7. The predicted octanol–water partition coefficient (Wildman–Crippen LogP) is 3.30. The Morgan fingerprint density at radius 1 is 1.25 bits per heavy atom. The van der Waals surface area contributed by atoms with Gasteiger partial charge in [-0.15, -0.1) is 11.3 Å². The fraction of sp³-hybridized carbons (Fsp3) is 0.235. The van der Waals surface area contributed by atoms with Gasteiger partial charge in [0, 0.05) is 11.6 Å². The molecular formula is C17H15N3O3S. The Balaban J connectivity index is 1.59. The molecule has 0 saturated carbocycles. The molecule has 1 aliphatic rings. The van der Waals surface area contributed by atoms with E-state index >= 15 is 0 Å². The zero-order chi connectivity index (χ0) is 16.5. The van der Waals surface area contributed by atoms with Gasteiger partial charge in [-0.05, 0) is 30.7 Å². The number of fused-ring (bicyclic) bond motifs is 1. The number of amides is 1. The number of hydrogen-bond acceptors (Lipinski definition) is 6. The normalized spacial score (nSPS) is 15.0. The molecule has 3 aromatic rings. The fourth-order valence-electron chi connectivity index (χ4n) is 2.61. The summed E-state index contributed by atoms with van der Waals surface area (Å²) >= 11 is 1.28. The van der Waals surface area contributed by atoms with Crippen LogP contribution in [-0.2, 0) is 9.47 Å². The van der Waals surface area contributed by atoms with Gasteiger partial charge in [0.1, 0.15) is 9.88 Å². The maximum absolute atomic E-state index is 12.5. The molecule has 7 heteroatoms. The first kappa shape index (κ1) is 15.2. The average molecular weight is 341 g/mol. The summed E-state index contributed by atoms with van der Waals surface area (Å²) in [6.45, 7) is 3.10. The molecule has 0 unspecified atom stereocenters. The topological polar surface area (TPSA) is 73.3 Å². The van der Waals surface area contributed by atoms with Crippen molar-refractivity contribution in [2.75, 3.05) is 18.5 Å². The number of aromatic nitrogens is 2. The number of anilines is 1. The summed E-state index contributed by atoms with van der Waals surface area (Å²) in [6.07, 6.45) is 2.84. The van der Waals surface area contributed by atoms with Crippen molar-refractivity contribution in [1.29, 1.82) is 0 Å². The molecule has 0 atom stereocenters. The van der Waals surface area contributed by atoms with Crippen molar-refractivity contribution in [2.45, 2.75) is 13.2 Å². The molecular weight excluding hydrogens is 326 g/mol. The van der Waals surface area contributed by atoms with Gasteiger partial charge in [0.25, 0.3) is 5.91 Å². The quantitative estimate of drug-likeness (QED) is 0.791. The second-order valence-corrected chi connectivity index (χ2v) is 6.48. The Morgan fingerprint density at radius 2 is 2.08 bits per heavy atom. The van der Waals surface area contributed by atoms with E-state index in [1.54, 1.807) is 12.4 Å². The van der Waals surface area contributed by atoms with E-state index in [1.165, 1.54) is 11.3 Å². The van der Waals surface area contributed by atoms with Crippen LogP contribution in [0.4, 0.5) is 5.69 Å². The molecule has 122 valence electrons. The van der Waals surface area contributed by atoms with Crippen molar-refractivity contribution in [3.63, 3.8) is 0 Å². The minimum absolute atomic E-state index is 0.203. The monoisotopic (exact) mass is 341 g/mol. The largest absolute Gasteiger partial charge is 0.344 e. The van der Waals surface area contributed by atoms with Crippen LogP contribution in [0.3, 0.4) is 0 Å². The SMILES string of the molecule is Cc1ccc(NC(=O)c2cnc(C3OCCO3)s2)c2cccnc12. The van der Waals surface area contributed by atoms with Crippen LogP contribution >= 0.6 is 11.3 Å². The van der Waals surface area contributed by atoms with Crippen LogP contribution in [-0.4, -0.2) is 29.1 Å². The van der Waals surface area contributed by atoms with Crippen LogP contribution in [0.15, 0.2) is 36.7 Å². The number of benzene rings is 1. The van der Waals surface area contributed by atoms with Gasteiger partial charge < -0.3 is 14.8 Å². The highest BCUT2D eigenvalue weighted by atomic mass is 32.1. The zero-order valence-electron chi connectivity index (χ0n) is 13.0. The van der Waals surface area contributed by atoms with Gasteiger partial charge in [-0.25, -0.2) is 4.98 Å². The summed E-state index contributed by atoms with van der Waals surface area (Å²) in [5, 5.41) is 4.52. The summed E-state index contributed by atoms with van der Waals surface area (Å²) in [6, 6.07) is 7.64. The molecule has 1 saturated heterocycles. The minimum atomic E-state index is -0.457. The van der Waals surface area contributed by atoms with Crippen LogP contribution in [0, 0.1) is 6.92 Å². The molecule has 0 aliphatic carbocycles. The van der Waals surface area contributed by atoms with Crippen molar-refractivity contribution >= 4 is 33.8 Å². The van der Waals surface area contributed by atoms with Gasteiger partial charge >= 0.3 is 0 Å². The predicted molar refractivity (Wildman–Crippen MR) is 91.2 cm³/mol. The fourth-order valence-corrected chi connectivity index (χ4v) is 3.42. The third-order valence-corrected chi connectivity index (χ3v) is 4.81. The van der Waals surface area contributed by atoms with Crippen LogP contribution in [0.5, 0.6) is 0 Å². The molecule has 0 bridgehead atoms. The zero-order valence-corrected chi connectivity index (χ0v) is 13.8. The van der Waals surface area contributed by atoms with Gasteiger partial charge in [0.05, 0.1) is 30.6 Å². The maximum Gasteiger partial charge on any atom is 0.267 e. The van der Waals surface area contributed by atoms with Gasteiger partial charge in [0.2, 0.25) is 6.29 Å². The van der Waals surface area contributed by atoms with Crippen molar-refractivity contribution in [3.8, 4) is 0 Å². The Labute approximate surface area is 142 Å². The molecule has 1 amide bonds. The first-order valence-electron chi connectivity index (χ1n) is 7.57. The molecule has 6 nitrogen and oxygen atoms in total. The lowest BCUT2D eigenvalue weighted by Crippen LogP contribution is -2.10. The van der Waals surface area contributed by atoms with Crippen molar-refractivity contribution in [1.82, 2.24) is 9.97 Å². The van der Waals surface area contributed by atoms with Gasteiger partial charge in [0.15, 0.2) is 0 Å². The molecule has 1 aliphatic heterocycles. The maximum atomic E-state index is 12.5. The van der Waals surface area contributed by atoms with E-state index in [0.717, 1.165) is 22.2 Å². The number of thiazole rings is 1. The summed E-state index contributed by atoms with van der Waals surface area (Å²) in [5.74, 6) is -0.203. The third kappa shape index (κ3) is 2.77. The van der Waals surface area contributed by atoms with Gasteiger partial charge in [-0.2, -0.15) is 0 Å². The molecule has 2 aromatic heterocycles. The lowest BCUT2D eigenvalue weighted by molar-refractivity contribution is -0.0442. The first-order valence-corrected chi connectivity index (χ1v) is 8.38. The summed E-state index contributed by atoms with van der Waals surface area (Å²) in [5.41, 5.74) is 2.68. The Morgan fingerprint density at radius 3 is 2.92 bits per heavy atom. The minimum Gasteiger partial charge on any atom is -0.344 e. The molecule has 1 aromatic carbocycles. The highest BCUT2D eigenvalue weighted by Crippen LogP contribution is 2.29. The summed E-state index contributed by atoms with van der Waals surface area (Å²) in [4.78, 5) is 21.7. The number of aryl methyl sites for hydroxylation is 1. The van der Waals surface area contributed by atoms with Crippen LogP contribution < -0.4 is 5.32 Å². The Hall–Kier alpha value is -2.35. The number of carbonyl (C=O) groups is 1. The molecule has 0 spiro atoms. The van der Waals surface area contributed by atoms with Crippen LogP contribution in [0.25, 0.3) is 10.9 Å². The standard InChI is InChI=1S/C17H15N3O3S/c1-10-4-5-12(11-3-2-6-18-14(10)11)20-15(21)13-9-19-16(24-13)17-22-7-8-23-17/h2-6,9,17H,7-8H2,1H3,(H,20,21). The van der Waals surface area contributed by atoms with E-state index in [4.69, 9.17) is 9.47 Å². The number of rotatable bonds is 3. The highest BCUT2D eigenvalue weighted by Gasteiger charge is 2.23. The lowest BCUT2D eigenvalue weighted by Gasteiger charge is -2.09. The molecule has 3 heterocycles. The number of hydrogen-bond donors (Lipinski definition) is 1. The average Bonchev–Trinajstić information content (AvgIpc) is 3.28. The van der Waals surface area contributed by atoms with E-state index in [9.17, 15) is 4.79 Å². The van der Waals surface area contributed by atoms with Crippen LogP contribution in [0.1, 0.15) is 26.5 Å². The molecule has 4 rings (SSSR count). The molecule has 1 N–H and O–H groups in total. The van der Waals surface area contributed by atoms with E-state index < -0.39 is 6.29 Å².